The van der Waals surface area contributed by atoms with Gasteiger partial charge in [0.15, 0.2) is 0 Å². The van der Waals surface area contributed by atoms with Crippen LogP contribution in [0.3, 0.4) is 0 Å². The Kier molecular flexibility index (Phi) is 5.35. The Morgan fingerprint density at radius 1 is 1.50 bits per heavy atom. The van der Waals surface area contributed by atoms with Crippen LogP contribution in [0.5, 0.6) is 0 Å². The van der Waals surface area contributed by atoms with Gasteiger partial charge in [0.1, 0.15) is 5.69 Å². The molecule has 2 heterocycles. The first-order valence-corrected chi connectivity index (χ1v) is 7.43. The van der Waals surface area contributed by atoms with Crippen LogP contribution < -0.4 is 10.6 Å². The Balaban J connectivity index is 1.87. The summed E-state index contributed by atoms with van der Waals surface area (Å²) < 4.78 is 0. The van der Waals surface area contributed by atoms with Gasteiger partial charge in [-0.3, -0.25) is 9.78 Å². The number of hydrogen-bond donors (Lipinski definition) is 2. The second-order valence-electron chi connectivity index (χ2n) is 5.22. The maximum Gasteiger partial charge on any atom is 0.269 e. The minimum Gasteiger partial charge on any atom is -0.385 e. The van der Waals surface area contributed by atoms with Crippen LogP contribution in [0.25, 0.3) is 0 Å². The molecule has 0 spiro atoms. The van der Waals surface area contributed by atoms with Gasteiger partial charge in [0.05, 0.1) is 0 Å². The van der Waals surface area contributed by atoms with Crippen LogP contribution in [-0.2, 0) is 0 Å². The first-order valence-electron chi connectivity index (χ1n) is 7.43. The van der Waals surface area contributed by atoms with Gasteiger partial charge in [0.2, 0.25) is 0 Å². The van der Waals surface area contributed by atoms with E-state index < -0.39 is 0 Å². The predicted octanol–water partition coefficient (Wildman–Crippen LogP) is 1.58. The quantitative estimate of drug-likeness (QED) is 0.828. The van der Waals surface area contributed by atoms with E-state index in [2.05, 4.69) is 27.4 Å². The number of nitrogens with one attached hydrogen (secondary N) is 2. The summed E-state index contributed by atoms with van der Waals surface area (Å²) in [7, 11) is 0. The normalized spacial score (nSPS) is 19.0. The second-order valence-corrected chi connectivity index (χ2v) is 5.22. The van der Waals surface area contributed by atoms with Gasteiger partial charge in [-0.2, -0.15) is 0 Å². The van der Waals surface area contributed by atoms with Crippen molar-refractivity contribution >= 4 is 11.6 Å². The first kappa shape index (κ1) is 14.8. The number of anilines is 1. The minimum absolute atomic E-state index is 0.117. The van der Waals surface area contributed by atoms with Crippen LogP contribution in [0.1, 0.15) is 30.8 Å². The third-order valence-electron chi connectivity index (χ3n) is 3.74. The van der Waals surface area contributed by atoms with E-state index >= 15 is 0 Å². The summed E-state index contributed by atoms with van der Waals surface area (Å²) >= 11 is 0. The molecule has 1 aliphatic rings. The molecular formula is C15H24N4O. The molecule has 1 unspecified atom stereocenters. The Bertz CT molecular complexity index is 449. The highest BCUT2D eigenvalue weighted by molar-refractivity contribution is 5.93. The molecule has 1 aromatic rings. The Morgan fingerprint density at radius 2 is 2.35 bits per heavy atom. The van der Waals surface area contributed by atoms with Crippen molar-refractivity contribution in [2.24, 2.45) is 5.92 Å². The molecule has 5 nitrogen and oxygen atoms in total. The van der Waals surface area contributed by atoms with Crippen molar-refractivity contribution in [3.63, 3.8) is 0 Å². The molecule has 0 aliphatic carbocycles. The average Bonchev–Trinajstić information content (AvgIpc) is 2.94. The van der Waals surface area contributed by atoms with Crippen LogP contribution in [0.4, 0.5) is 5.69 Å². The minimum atomic E-state index is -0.117. The molecule has 0 saturated carbocycles. The molecule has 1 fully saturated rings. The maximum atomic E-state index is 11.7. The number of aromatic nitrogens is 1. The third kappa shape index (κ3) is 3.93. The van der Waals surface area contributed by atoms with E-state index in [4.69, 9.17) is 0 Å². The van der Waals surface area contributed by atoms with Crippen molar-refractivity contribution in [3.05, 3.63) is 24.0 Å². The lowest BCUT2D eigenvalue weighted by Crippen LogP contribution is -2.24. The molecule has 1 amide bonds. The molecular weight excluding hydrogens is 252 g/mol. The van der Waals surface area contributed by atoms with Gasteiger partial charge in [-0.1, -0.05) is 6.92 Å². The smallest absolute Gasteiger partial charge is 0.269 e. The van der Waals surface area contributed by atoms with E-state index in [1.54, 1.807) is 6.20 Å². The van der Waals surface area contributed by atoms with Crippen molar-refractivity contribution in [2.45, 2.75) is 20.3 Å². The van der Waals surface area contributed by atoms with Gasteiger partial charge in [-0.25, -0.2) is 0 Å². The number of rotatable bonds is 6. The molecule has 5 heteroatoms. The molecule has 0 radical (unpaired) electrons. The fraction of sp³-hybridized carbons (Fsp3) is 0.600. The number of likely N-dealkylation sites (tertiary alicyclic amines) is 1. The highest BCUT2D eigenvalue weighted by atomic mass is 16.1. The van der Waals surface area contributed by atoms with Crippen molar-refractivity contribution in [1.29, 1.82) is 0 Å². The van der Waals surface area contributed by atoms with Crippen LogP contribution in [0, 0.1) is 5.92 Å². The summed E-state index contributed by atoms with van der Waals surface area (Å²) in [6.45, 7) is 9.17. The summed E-state index contributed by atoms with van der Waals surface area (Å²) in [4.78, 5) is 18.3. The zero-order valence-corrected chi connectivity index (χ0v) is 12.4. The Morgan fingerprint density at radius 3 is 3.05 bits per heavy atom. The lowest BCUT2D eigenvalue weighted by molar-refractivity contribution is 0.0951. The summed E-state index contributed by atoms with van der Waals surface area (Å²) in [5.74, 6) is 0.574. The molecule has 20 heavy (non-hydrogen) atoms. The highest BCUT2D eigenvalue weighted by Gasteiger charge is 2.20. The largest absolute Gasteiger partial charge is 0.385 e. The van der Waals surface area contributed by atoms with Gasteiger partial charge in [-0.15, -0.1) is 0 Å². The van der Waals surface area contributed by atoms with Crippen molar-refractivity contribution in [2.75, 3.05) is 38.0 Å². The molecule has 1 saturated heterocycles. The lowest BCUT2D eigenvalue weighted by Gasteiger charge is -2.14. The Labute approximate surface area is 120 Å². The predicted molar refractivity (Wildman–Crippen MR) is 81.0 cm³/mol. The molecule has 110 valence electrons. The summed E-state index contributed by atoms with van der Waals surface area (Å²) in [5, 5.41) is 6.19. The van der Waals surface area contributed by atoms with Gasteiger partial charge < -0.3 is 15.5 Å². The number of carbonyl (C=O) groups is 1. The number of amides is 1. The molecule has 1 atom stereocenters. The third-order valence-corrected chi connectivity index (χ3v) is 3.74. The molecule has 2 rings (SSSR count). The second kappa shape index (κ2) is 7.24. The van der Waals surface area contributed by atoms with Crippen molar-refractivity contribution in [1.82, 2.24) is 15.2 Å². The van der Waals surface area contributed by atoms with E-state index in [9.17, 15) is 4.79 Å². The molecule has 2 N–H and O–H groups in total. The first-order chi connectivity index (χ1) is 9.72. The average molecular weight is 276 g/mol. The Hall–Kier alpha value is -1.62. The van der Waals surface area contributed by atoms with Crippen LogP contribution in [0.2, 0.25) is 0 Å². The number of pyridine rings is 1. The fourth-order valence-corrected chi connectivity index (χ4v) is 2.54. The standard InChI is InChI=1S/C15H24N4O/c1-3-16-15(20)14-9-13(5-7-17-14)18-10-12-6-8-19(4-2)11-12/h5,7,9,12H,3-4,6,8,10-11H2,1-2H3,(H,16,20)(H,17,18). The van der Waals surface area contributed by atoms with Crippen LogP contribution >= 0.6 is 0 Å². The monoisotopic (exact) mass is 276 g/mol. The molecule has 0 bridgehead atoms. The number of nitrogens with zero attached hydrogens (tertiary/aromatic N) is 2. The topological polar surface area (TPSA) is 57.3 Å². The summed E-state index contributed by atoms with van der Waals surface area (Å²) in [5.41, 5.74) is 1.44. The van der Waals surface area contributed by atoms with E-state index in [-0.39, 0.29) is 5.91 Å². The van der Waals surface area contributed by atoms with Gasteiger partial charge in [0, 0.05) is 31.5 Å². The summed E-state index contributed by atoms with van der Waals surface area (Å²) in [6.07, 6.45) is 2.93. The number of carbonyl (C=O) groups excluding carboxylic acids is 1. The van der Waals surface area contributed by atoms with Crippen LogP contribution in [0.15, 0.2) is 18.3 Å². The van der Waals surface area contributed by atoms with Gasteiger partial charge >= 0.3 is 0 Å². The van der Waals surface area contributed by atoms with Crippen molar-refractivity contribution in [3.8, 4) is 0 Å². The van der Waals surface area contributed by atoms with Crippen molar-refractivity contribution < 1.29 is 4.79 Å². The van der Waals surface area contributed by atoms with Gasteiger partial charge in [-0.05, 0) is 44.5 Å². The van der Waals surface area contributed by atoms with Crippen LogP contribution in [-0.4, -0.2) is 48.5 Å². The summed E-state index contributed by atoms with van der Waals surface area (Å²) in [6, 6.07) is 3.73. The van der Waals surface area contributed by atoms with Gasteiger partial charge in [0.25, 0.3) is 5.91 Å². The van der Waals surface area contributed by atoms with E-state index in [1.165, 1.54) is 13.0 Å². The van der Waals surface area contributed by atoms with E-state index in [1.807, 2.05) is 19.1 Å². The molecule has 0 aromatic carbocycles. The van der Waals surface area contributed by atoms with E-state index in [0.29, 0.717) is 18.2 Å². The molecule has 1 aliphatic heterocycles. The van der Waals surface area contributed by atoms with E-state index in [0.717, 1.165) is 25.3 Å². The fourth-order valence-electron chi connectivity index (χ4n) is 2.54. The molecule has 1 aromatic heterocycles. The number of hydrogen-bond acceptors (Lipinski definition) is 4. The maximum absolute atomic E-state index is 11.7. The zero-order valence-electron chi connectivity index (χ0n) is 12.4. The SMILES string of the molecule is CCNC(=O)c1cc(NCC2CCN(CC)C2)ccn1. The lowest BCUT2D eigenvalue weighted by atomic mass is 10.1. The zero-order chi connectivity index (χ0) is 14.4. The highest BCUT2D eigenvalue weighted by Crippen LogP contribution is 2.17.